The Labute approximate surface area is 159 Å². The van der Waals surface area contributed by atoms with Crippen molar-refractivity contribution in [3.05, 3.63) is 47.3 Å². The van der Waals surface area contributed by atoms with Gasteiger partial charge in [0.05, 0.1) is 0 Å². The van der Waals surface area contributed by atoms with Crippen molar-refractivity contribution >= 4 is 5.91 Å². The quantitative estimate of drug-likeness (QED) is 0.809. The molecule has 2 aromatic rings. The Hall–Kier alpha value is -2.28. The molecule has 0 spiro atoms. The maximum absolute atomic E-state index is 12.9. The van der Waals surface area contributed by atoms with Crippen molar-refractivity contribution in [2.45, 2.75) is 39.7 Å². The van der Waals surface area contributed by atoms with Crippen molar-refractivity contribution in [1.29, 1.82) is 0 Å². The van der Waals surface area contributed by atoms with Gasteiger partial charge in [-0.3, -0.25) is 4.79 Å². The standard InChI is InChI=1S/C20H28FN5O/c1-3-15(2)14-25-11-9-19-24-23-18(26(19)13-12-25)8-10-22-20(27)16-4-6-17(21)7-5-16/h4-7,15H,3,8-14H2,1-2H3,(H,22,27)/t15-/m0/s1. The lowest BCUT2D eigenvalue weighted by atomic mass is 10.1. The van der Waals surface area contributed by atoms with E-state index in [1.54, 1.807) is 0 Å². The zero-order chi connectivity index (χ0) is 19.2. The van der Waals surface area contributed by atoms with Gasteiger partial charge in [-0.25, -0.2) is 4.39 Å². The van der Waals surface area contributed by atoms with E-state index in [1.807, 2.05) is 0 Å². The highest BCUT2D eigenvalue weighted by Crippen LogP contribution is 2.12. The number of rotatable bonds is 7. The molecule has 1 aliphatic rings. The highest BCUT2D eigenvalue weighted by atomic mass is 19.1. The van der Waals surface area contributed by atoms with E-state index in [-0.39, 0.29) is 11.7 Å². The molecule has 1 aromatic carbocycles. The molecule has 0 fully saturated rings. The summed E-state index contributed by atoms with van der Waals surface area (Å²) in [7, 11) is 0. The lowest BCUT2D eigenvalue weighted by Crippen LogP contribution is -2.31. The van der Waals surface area contributed by atoms with E-state index in [0.717, 1.165) is 44.2 Å². The molecule has 1 N–H and O–H groups in total. The third-order valence-electron chi connectivity index (χ3n) is 5.20. The summed E-state index contributed by atoms with van der Waals surface area (Å²) in [5.41, 5.74) is 0.456. The Morgan fingerprint density at radius 3 is 2.74 bits per heavy atom. The Morgan fingerprint density at radius 2 is 2.00 bits per heavy atom. The van der Waals surface area contributed by atoms with Gasteiger partial charge in [0.15, 0.2) is 0 Å². The minimum absolute atomic E-state index is 0.203. The Morgan fingerprint density at radius 1 is 1.22 bits per heavy atom. The molecular weight excluding hydrogens is 345 g/mol. The predicted molar refractivity (Wildman–Crippen MR) is 102 cm³/mol. The number of carbonyl (C=O) groups is 1. The molecule has 2 heterocycles. The summed E-state index contributed by atoms with van der Waals surface area (Å²) in [6.45, 7) is 9.03. The summed E-state index contributed by atoms with van der Waals surface area (Å²) < 4.78 is 15.1. The molecule has 146 valence electrons. The van der Waals surface area contributed by atoms with Gasteiger partial charge >= 0.3 is 0 Å². The van der Waals surface area contributed by atoms with Gasteiger partial charge in [0.25, 0.3) is 5.91 Å². The van der Waals surface area contributed by atoms with Crippen LogP contribution in [0.3, 0.4) is 0 Å². The molecule has 6 nitrogen and oxygen atoms in total. The van der Waals surface area contributed by atoms with E-state index in [9.17, 15) is 9.18 Å². The first-order valence-corrected chi connectivity index (χ1v) is 9.74. The van der Waals surface area contributed by atoms with Crippen molar-refractivity contribution in [2.75, 3.05) is 26.2 Å². The number of carbonyl (C=O) groups excluding carboxylic acids is 1. The van der Waals surface area contributed by atoms with Crippen LogP contribution in [0.4, 0.5) is 4.39 Å². The lowest BCUT2D eigenvalue weighted by molar-refractivity contribution is 0.0954. The zero-order valence-electron chi connectivity index (χ0n) is 16.1. The van der Waals surface area contributed by atoms with E-state index < -0.39 is 0 Å². The molecular formula is C20H28FN5O. The molecule has 7 heteroatoms. The second kappa shape index (κ2) is 9.08. The van der Waals surface area contributed by atoms with Gasteiger partial charge in [-0.15, -0.1) is 10.2 Å². The summed E-state index contributed by atoms with van der Waals surface area (Å²) in [6, 6.07) is 5.55. The van der Waals surface area contributed by atoms with Gasteiger partial charge in [0.2, 0.25) is 0 Å². The normalized spacial score (nSPS) is 15.8. The van der Waals surface area contributed by atoms with E-state index in [2.05, 4.69) is 38.8 Å². The van der Waals surface area contributed by atoms with Crippen LogP contribution < -0.4 is 5.32 Å². The van der Waals surface area contributed by atoms with Crippen LogP contribution in [0.15, 0.2) is 24.3 Å². The second-order valence-corrected chi connectivity index (χ2v) is 7.26. The van der Waals surface area contributed by atoms with E-state index in [1.165, 1.54) is 30.7 Å². The molecule has 27 heavy (non-hydrogen) atoms. The monoisotopic (exact) mass is 373 g/mol. The van der Waals surface area contributed by atoms with Crippen LogP contribution in [0.2, 0.25) is 0 Å². The van der Waals surface area contributed by atoms with Crippen LogP contribution in [-0.4, -0.2) is 51.8 Å². The number of hydrogen-bond donors (Lipinski definition) is 1. The SMILES string of the molecule is CC[C@H](C)CN1CCc2nnc(CCNC(=O)c3ccc(F)cc3)n2CC1. The lowest BCUT2D eigenvalue weighted by Gasteiger charge is -2.22. The molecule has 0 bridgehead atoms. The van der Waals surface area contributed by atoms with E-state index >= 15 is 0 Å². The fourth-order valence-corrected chi connectivity index (χ4v) is 3.36. The molecule has 0 aliphatic carbocycles. The second-order valence-electron chi connectivity index (χ2n) is 7.26. The zero-order valence-corrected chi connectivity index (χ0v) is 16.1. The summed E-state index contributed by atoms with van der Waals surface area (Å²) in [4.78, 5) is 14.6. The number of amides is 1. The average molecular weight is 373 g/mol. The first kappa shape index (κ1) is 19.5. The molecule has 0 unspecified atom stereocenters. The maximum Gasteiger partial charge on any atom is 0.251 e. The first-order chi connectivity index (χ1) is 13.1. The Balaban J connectivity index is 1.52. The molecule has 0 radical (unpaired) electrons. The fraction of sp³-hybridized carbons (Fsp3) is 0.550. The van der Waals surface area contributed by atoms with E-state index in [0.29, 0.717) is 24.4 Å². The van der Waals surface area contributed by atoms with Gasteiger partial charge in [-0.05, 0) is 30.2 Å². The minimum Gasteiger partial charge on any atom is -0.352 e. The average Bonchev–Trinajstić information content (AvgIpc) is 2.94. The smallest absolute Gasteiger partial charge is 0.251 e. The van der Waals surface area contributed by atoms with E-state index in [4.69, 9.17) is 0 Å². The molecule has 0 saturated carbocycles. The molecule has 1 aromatic heterocycles. The summed E-state index contributed by atoms with van der Waals surface area (Å²) in [6.07, 6.45) is 2.73. The number of aromatic nitrogens is 3. The number of nitrogens with one attached hydrogen (secondary N) is 1. The van der Waals surface area contributed by atoms with Crippen LogP contribution >= 0.6 is 0 Å². The van der Waals surface area contributed by atoms with Crippen LogP contribution in [0.25, 0.3) is 0 Å². The largest absolute Gasteiger partial charge is 0.352 e. The third-order valence-corrected chi connectivity index (χ3v) is 5.20. The van der Waals surface area contributed by atoms with Gasteiger partial charge < -0.3 is 14.8 Å². The highest BCUT2D eigenvalue weighted by molar-refractivity contribution is 5.94. The van der Waals surface area contributed by atoms with Crippen molar-refractivity contribution in [3.63, 3.8) is 0 Å². The molecule has 3 rings (SSSR count). The fourth-order valence-electron chi connectivity index (χ4n) is 3.36. The highest BCUT2D eigenvalue weighted by Gasteiger charge is 2.19. The topological polar surface area (TPSA) is 63.1 Å². The summed E-state index contributed by atoms with van der Waals surface area (Å²) >= 11 is 0. The Kier molecular flexibility index (Phi) is 6.55. The number of nitrogens with zero attached hydrogens (tertiary/aromatic N) is 4. The van der Waals surface area contributed by atoms with Crippen molar-refractivity contribution in [3.8, 4) is 0 Å². The Bertz CT molecular complexity index is 758. The number of hydrogen-bond acceptors (Lipinski definition) is 4. The van der Waals surface area contributed by atoms with Crippen molar-refractivity contribution in [1.82, 2.24) is 25.0 Å². The van der Waals surface area contributed by atoms with Gasteiger partial charge in [-0.2, -0.15) is 0 Å². The maximum atomic E-state index is 12.9. The third kappa shape index (κ3) is 5.13. The summed E-state index contributed by atoms with van der Waals surface area (Å²) in [5, 5.41) is 11.5. The van der Waals surface area contributed by atoms with Crippen LogP contribution in [0, 0.1) is 11.7 Å². The number of halogens is 1. The number of benzene rings is 1. The van der Waals surface area contributed by atoms with Crippen molar-refractivity contribution < 1.29 is 9.18 Å². The van der Waals surface area contributed by atoms with Gasteiger partial charge in [0.1, 0.15) is 17.5 Å². The molecule has 1 aliphatic heterocycles. The summed E-state index contributed by atoms with van der Waals surface area (Å²) in [5.74, 6) is 2.09. The number of fused-ring (bicyclic) bond motifs is 1. The molecule has 0 saturated heterocycles. The van der Waals surface area contributed by atoms with Gasteiger partial charge in [-0.1, -0.05) is 20.3 Å². The van der Waals surface area contributed by atoms with Crippen LogP contribution in [0.5, 0.6) is 0 Å². The van der Waals surface area contributed by atoms with Gasteiger partial charge in [0, 0.05) is 51.1 Å². The van der Waals surface area contributed by atoms with Crippen LogP contribution in [0.1, 0.15) is 42.3 Å². The predicted octanol–water partition coefficient (Wildman–Crippen LogP) is 2.29. The molecule has 1 atom stereocenters. The molecule has 1 amide bonds. The van der Waals surface area contributed by atoms with Crippen molar-refractivity contribution in [2.24, 2.45) is 5.92 Å². The first-order valence-electron chi connectivity index (χ1n) is 9.74. The van der Waals surface area contributed by atoms with Crippen LogP contribution in [-0.2, 0) is 19.4 Å². The minimum atomic E-state index is -0.347.